The molecule has 2 aliphatic rings. The van der Waals surface area contributed by atoms with Crippen molar-refractivity contribution in [3.63, 3.8) is 0 Å². The number of alkyl halides is 10. The highest BCUT2D eigenvalue weighted by Crippen LogP contribution is 2.42. The molecule has 3 aromatic heterocycles. The van der Waals surface area contributed by atoms with E-state index in [2.05, 4.69) is 25.6 Å². The highest BCUT2D eigenvalue weighted by molar-refractivity contribution is 7.98. The summed E-state index contributed by atoms with van der Waals surface area (Å²) in [4.78, 5) is 43.2. The topological polar surface area (TPSA) is 103 Å². The molecule has 0 aliphatic carbocycles. The molecule has 0 saturated carbocycles. The van der Waals surface area contributed by atoms with Crippen molar-refractivity contribution in [2.24, 2.45) is 5.92 Å². The number of halogens is 10. The molecule has 356 valence electrons. The van der Waals surface area contributed by atoms with Crippen molar-refractivity contribution in [2.45, 2.75) is 97.7 Å². The van der Waals surface area contributed by atoms with Gasteiger partial charge in [-0.2, -0.15) is 26.3 Å². The normalized spacial score (nSPS) is 17.3. The van der Waals surface area contributed by atoms with Crippen LogP contribution < -0.4 is 20.4 Å². The Morgan fingerprint density at radius 3 is 1.77 bits per heavy atom. The summed E-state index contributed by atoms with van der Waals surface area (Å²) >= 11 is 28.3. The van der Waals surface area contributed by atoms with Crippen molar-refractivity contribution >= 4 is 105 Å². The quantitative estimate of drug-likeness (QED) is 0.101. The van der Waals surface area contributed by atoms with Gasteiger partial charge >= 0.3 is 12.4 Å². The summed E-state index contributed by atoms with van der Waals surface area (Å²) in [6, 6.07) is 10.3. The van der Waals surface area contributed by atoms with Gasteiger partial charge in [-0.05, 0) is 106 Å². The van der Waals surface area contributed by atoms with Gasteiger partial charge in [0.05, 0.1) is 27.3 Å². The highest BCUT2D eigenvalue weighted by atomic mass is 35.5. The van der Waals surface area contributed by atoms with Crippen LogP contribution in [0.25, 0.3) is 0 Å². The molecule has 9 nitrogen and oxygen atoms in total. The fourth-order valence-corrected chi connectivity index (χ4v) is 8.84. The van der Waals surface area contributed by atoms with E-state index in [1.54, 1.807) is 40.1 Å². The lowest BCUT2D eigenvalue weighted by Crippen LogP contribution is -2.30. The van der Waals surface area contributed by atoms with Crippen LogP contribution in [0.15, 0.2) is 64.9 Å². The van der Waals surface area contributed by atoms with Crippen molar-refractivity contribution in [3.8, 4) is 0 Å². The lowest BCUT2D eigenvalue weighted by atomic mass is 10.0. The number of nitrogens with one attached hydrogen (secondary N) is 2. The largest absolute Gasteiger partial charge is 0.418 e. The number of carbonyl (C=O) groups excluding carboxylic acids is 2. The van der Waals surface area contributed by atoms with E-state index >= 15 is 0 Å². The van der Waals surface area contributed by atoms with E-state index in [1.807, 2.05) is 39.3 Å². The van der Waals surface area contributed by atoms with E-state index in [0.717, 1.165) is 17.3 Å². The molecule has 21 heteroatoms. The van der Waals surface area contributed by atoms with Gasteiger partial charge in [0.1, 0.15) is 20.3 Å². The first kappa shape index (κ1) is 54.3. The van der Waals surface area contributed by atoms with Crippen molar-refractivity contribution in [1.29, 1.82) is 0 Å². The van der Waals surface area contributed by atoms with Crippen LogP contribution in [0, 0.1) is 19.8 Å². The molecule has 6 rings (SSSR count). The number of thioether (sulfide) groups is 2. The van der Waals surface area contributed by atoms with Crippen LogP contribution in [0.5, 0.6) is 0 Å². The van der Waals surface area contributed by atoms with Gasteiger partial charge < -0.3 is 20.4 Å². The fraction of sp³-hybridized carbons (Fsp3) is 0.477. The van der Waals surface area contributed by atoms with Crippen molar-refractivity contribution in [3.05, 3.63) is 88.4 Å². The average molecular weight is 1030 g/mol. The SMILES string of the molecule is CC.CSc1cc(NC(=O)c2c(N3CCCC(Cl)(Cl)CC3)ncc(C(F)(F)F)c2C)ccn1.CSc1cccc(NC(=O)c2c(N3CCC(C)C(Cl)(Cl)CC3)ncc(C(F)(F)F)c2C)c1. The van der Waals surface area contributed by atoms with E-state index in [1.165, 1.54) is 43.6 Å². The van der Waals surface area contributed by atoms with E-state index < -0.39 is 44.0 Å². The third-order valence-electron chi connectivity index (χ3n) is 10.8. The third-order valence-corrected chi connectivity index (χ3v) is 14.1. The minimum absolute atomic E-state index is 0.0158. The maximum atomic E-state index is 13.6. The first-order valence-corrected chi connectivity index (χ1v) is 24.6. The monoisotopic (exact) mass is 1030 g/mol. The molecule has 5 heterocycles. The van der Waals surface area contributed by atoms with E-state index in [9.17, 15) is 35.9 Å². The first-order chi connectivity index (χ1) is 30.5. The standard InChI is InChI=1S/C22H24Cl2F3N3OS.C20H21Cl2F3N4OS.C2H6/c1-13-7-9-30(10-8-21(13,23)24)19-18(14(2)17(12-28-19)22(25,26)27)20(31)29-15-5-4-6-16(11-15)32-3;1-12-14(20(23,24)25)11-27-17(29-8-3-5-19(21,22)6-9-29)16(12)18(30)28-13-4-7-26-15(10-13)31-2;1-2/h4-6,11-13H,7-10H2,1-3H3,(H,29,31);4,7,10-11H,3,5-6,8-9H2,1-2H3,(H,26,28,30);1-2H3. The molecule has 2 aliphatic heterocycles. The second kappa shape index (κ2) is 23.1. The fourth-order valence-electron chi connectivity index (χ4n) is 7.15. The van der Waals surface area contributed by atoms with Crippen LogP contribution in [-0.2, 0) is 12.4 Å². The molecule has 2 saturated heterocycles. The van der Waals surface area contributed by atoms with Gasteiger partial charge in [0.15, 0.2) is 0 Å². The molecule has 1 atom stereocenters. The molecule has 0 radical (unpaired) electrons. The van der Waals surface area contributed by atoms with Gasteiger partial charge in [-0.25, -0.2) is 15.0 Å². The molecule has 0 bridgehead atoms. The average Bonchev–Trinajstić information content (AvgIpc) is 3.51. The number of hydrogen-bond donors (Lipinski definition) is 2. The molecule has 65 heavy (non-hydrogen) atoms. The Labute approximate surface area is 404 Å². The van der Waals surface area contributed by atoms with Crippen LogP contribution >= 0.6 is 69.9 Å². The number of hydrogen-bond acceptors (Lipinski definition) is 9. The molecule has 4 aromatic rings. The maximum absolute atomic E-state index is 13.6. The number of anilines is 4. The Hall–Kier alpha value is -3.35. The molecule has 2 amide bonds. The number of rotatable bonds is 8. The lowest BCUT2D eigenvalue weighted by Gasteiger charge is -2.26. The predicted molar refractivity (Wildman–Crippen MR) is 255 cm³/mol. The second-order valence-electron chi connectivity index (χ2n) is 15.1. The zero-order valence-corrected chi connectivity index (χ0v) is 41.4. The van der Waals surface area contributed by atoms with E-state index in [4.69, 9.17) is 46.4 Å². The van der Waals surface area contributed by atoms with Gasteiger partial charge in [-0.15, -0.1) is 69.9 Å². The second-order valence-corrected chi connectivity index (χ2v) is 20.0. The smallest absolute Gasteiger partial charge is 0.356 e. The van der Waals surface area contributed by atoms with Crippen LogP contribution in [0.4, 0.5) is 49.4 Å². The molecule has 2 fully saturated rings. The maximum Gasteiger partial charge on any atom is 0.418 e. The van der Waals surface area contributed by atoms with Gasteiger partial charge in [-0.1, -0.05) is 26.8 Å². The van der Waals surface area contributed by atoms with Gasteiger partial charge in [0.2, 0.25) is 0 Å². The minimum Gasteiger partial charge on any atom is -0.356 e. The van der Waals surface area contributed by atoms with E-state index in [0.29, 0.717) is 74.7 Å². The Bertz CT molecular complexity index is 2290. The van der Waals surface area contributed by atoms with Crippen molar-refractivity contribution < 1.29 is 35.9 Å². The van der Waals surface area contributed by atoms with Gasteiger partial charge in [0, 0.05) is 61.0 Å². The summed E-state index contributed by atoms with van der Waals surface area (Å²) < 4.78 is 79.5. The summed E-state index contributed by atoms with van der Waals surface area (Å²) in [5, 5.41) is 6.09. The van der Waals surface area contributed by atoms with Crippen LogP contribution in [0.3, 0.4) is 0 Å². The van der Waals surface area contributed by atoms with Gasteiger partial charge in [-0.3, -0.25) is 9.59 Å². The summed E-state index contributed by atoms with van der Waals surface area (Å²) in [5.41, 5.74) is -1.51. The summed E-state index contributed by atoms with van der Waals surface area (Å²) in [6.07, 6.45) is 0.147. The molecule has 1 unspecified atom stereocenters. The zero-order chi connectivity index (χ0) is 48.5. The van der Waals surface area contributed by atoms with Crippen LogP contribution in [-0.4, -0.2) is 74.1 Å². The van der Waals surface area contributed by atoms with Crippen LogP contribution in [0.2, 0.25) is 0 Å². The summed E-state index contributed by atoms with van der Waals surface area (Å²) in [6.45, 7) is 10.2. The molecule has 2 N–H and O–H groups in total. The molecular weight excluding hydrogens is 978 g/mol. The lowest BCUT2D eigenvalue weighted by molar-refractivity contribution is -0.139. The number of benzene rings is 1. The number of carbonyl (C=O) groups is 2. The Morgan fingerprint density at radius 2 is 1.25 bits per heavy atom. The Kier molecular flexibility index (Phi) is 19.3. The first-order valence-electron chi connectivity index (χ1n) is 20.6. The molecular formula is C44H51Cl4F6N7O2S2. The minimum atomic E-state index is -4.63. The van der Waals surface area contributed by atoms with Crippen LogP contribution in [0.1, 0.15) is 95.8 Å². The zero-order valence-electron chi connectivity index (χ0n) is 36.8. The number of pyridine rings is 3. The third kappa shape index (κ3) is 14.3. The van der Waals surface area contributed by atoms with Crippen molar-refractivity contribution in [1.82, 2.24) is 15.0 Å². The van der Waals surface area contributed by atoms with Gasteiger partial charge in [0.25, 0.3) is 11.8 Å². The number of amides is 2. The Balaban J connectivity index is 0.000000274. The van der Waals surface area contributed by atoms with E-state index in [-0.39, 0.29) is 39.8 Å². The summed E-state index contributed by atoms with van der Waals surface area (Å²) in [7, 11) is 0. The summed E-state index contributed by atoms with van der Waals surface area (Å²) in [5.74, 6) is -0.940. The molecule has 1 aromatic carbocycles. The highest BCUT2D eigenvalue weighted by Gasteiger charge is 2.40. The van der Waals surface area contributed by atoms with Crippen molar-refractivity contribution in [2.75, 3.05) is 59.1 Å². The number of aromatic nitrogens is 3. The number of nitrogens with zero attached hydrogens (tertiary/aromatic N) is 5. The molecule has 0 spiro atoms. The Morgan fingerprint density at radius 1 is 0.723 bits per heavy atom. The predicted octanol–water partition coefficient (Wildman–Crippen LogP) is 13.8.